The number of benzene rings is 1. The van der Waals surface area contributed by atoms with Crippen LogP contribution in [0.3, 0.4) is 0 Å². The van der Waals surface area contributed by atoms with Gasteiger partial charge in [-0.05, 0) is 38.0 Å². The number of nitrogens with zero attached hydrogens (tertiary/aromatic N) is 2. The Bertz CT molecular complexity index is 556. The summed E-state index contributed by atoms with van der Waals surface area (Å²) in [6, 6.07) is 9.41. The SMILES string of the molecule is CCNc1nc(C)cc(Oc2ccc(CCO)cc2)n1. The molecule has 1 aromatic carbocycles. The molecule has 0 radical (unpaired) electrons. The van der Waals surface area contributed by atoms with Crippen molar-refractivity contribution in [3.8, 4) is 11.6 Å². The van der Waals surface area contributed by atoms with Crippen LogP contribution in [0.1, 0.15) is 18.2 Å². The monoisotopic (exact) mass is 273 g/mol. The average Bonchev–Trinajstić information content (AvgIpc) is 2.41. The van der Waals surface area contributed by atoms with Crippen LogP contribution in [-0.2, 0) is 6.42 Å². The number of nitrogens with one attached hydrogen (secondary N) is 1. The van der Waals surface area contributed by atoms with Gasteiger partial charge in [-0.1, -0.05) is 12.1 Å². The van der Waals surface area contributed by atoms with E-state index in [-0.39, 0.29) is 6.61 Å². The van der Waals surface area contributed by atoms with Gasteiger partial charge >= 0.3 is 0 Å². The Kier molecular flexibility index (Phi) is 4.90. The standard InChI is InChI=1S/C15H19N3O2/c1-3-16-15-17-11(2)10-14(18-15)20-13-6-4-12(5-7-13)8-9-19/h4-7,10,19H,3,8-9H2,1-2H3,(H,16,17,18). The molecule has 1 aromatic heterocycles. The molecule has 0 atom stereocenters. The lowest BCUT2D eigenvalue weighted by Gasteiger charge is -2.08. The van der Waals surface area contributed by atoms with Crippen LogP contribution >= 0.6 is 0 Å². The normalized spacial score (nSPS) is 10.3. The van der Waals surface area contributed by atoms with Crippen LogP contribution in [0.4, 0.5) is 5.95 Å². The van der Waals surface area contributed by atoms with E-state index in [0.29, 0.717) is 24.0 Å². The van der Waals surface area contributed by atoms with Gasteiger partial charge in [-0.3, -0.25) is 0 Å². The zero-order chi connectivity index (χ0) is 14.4. The molecule has 0 aliphatic rings. The van der Waals surface area contributed by atoms with Crippen LogP contribution < -0.4 is 10.1 Å². The molecule has 106 valence electrons. The molecule has 5 heteroatoms. The summed E-state index contributed by atoms with van der Waals surface area (Å²) in [6.07, 6.45) is 0.650. The summed E-state index contributed by atoms with van der Waals surface area (Å²) >= 11 is 0. The van der Waals surface area contributed by atoms with Gasteiger partial charge in [0.15, 0.2) is 0 Å². The topological polar surface area (TPSA) is 67.3 Å². The van der Waals surface area contributed by atoms with Gasteiger partial charge in [-0.15, -0.1) is 0 Å². The molecular weight excluding hydrogens is 254 g/mol. The molecule has 0 amide bonds. The molecular formula is C15H19N3O2. The second-order valence-corrected chi connectivity index (χ2v) is 4.42. The van der Waals surface area contributed by atoms with E-state index in [1.54, 1.807) is 6.07 Å². The molecule has 0 aliphatic carbocycles. The van der Waals surface area contributed by atoms with E-state index < -0.39 is 0 Å². The Morgan fingerprint density at radius 3 is 2.60 bits per heavy atom. The third kappa shape index (κ3) is 3.93. The van der Waals surface area contributed by atoms with Gasteiger partial charge < -0.3 is 15.2 Å². The Morgan fingerprint density at radius 1 is 1.20 bits per heavy atom. The third-order valence-electron chi connectivity index (χ3n) is 2.71. The van der Waals surface area contributed by atoms with Crippen molar-refractivity contribution in [1.29, 1.82) is 0 Å². The molecule has 1 heterocycles. The number of aliphatic hydroxyl groups excluding tert-OH is 1. The van der Waals surface area contributed by atoms with Gasteiger partial charge in [0.25, 0.3) is 0 Å². The highest BCUT2D eigenvalue weighted by Gasteiger charge is 2.04. The third-order valence-corrected chi connectivity index (χ3v) is 2.71. The van der Waals surface area contributed by atoms with E-state index >= 15 is 0 Å². The summed E-state index contributed by atoms with van der Waals surface area (Å²) < 4.78 is 5.73. The fraction of sp³-hybridized carbons (Fsp3) is 0.333. The number of anilines is 1. The Labute approximate surface area is 118 Å². The van der Waals surface area contributed by atoms with E-state index in [1.165, 1.54) is 0 Å². The fourth-order valence-electron chi connectivity index (χ4n) is 1.80. The van der Waals surface area contributed by atoms with Crippen LogP contribution in [0.15, 0.2) is 30.3 Å². The largest absolute Gasteiger partial charge is 0.439 e. The second kappa shape index (κ2) is 6.86. The predicted molar refractivity (Wildman–Crippen MR) is 78.2 cm³/mol. The van der Waals surface area contributed by atoms with Crippen molar-refractivity contribution in [2.75, 3.05) is 18.5 Å². The molecule has 0 spiro atoms. The van der Waals surface area contributed by atoms with Gasteiger partial charge in [0.05, 0.1) is 0 Å². The molecule has 0 saturated carbocycles. The highest BCUT2D eigenvalue weighted by atomic mass is 16.5. The van der Waals surface area contributed by atoms with Gasteiger partial charge in [0, 0.05) is 24.9 Å². The summed E-state index contributed by atoms with van der Waals surface area (Å²) in [5, 5.41) is 12.0. The minimum absolute atomic E-state index is 0.150. The molecule has 0 fully saturated rings. The van der Waals surface area contributed by atoms with Crippen molar-refractivity contribution in [2.45, 2.75) is 20.3 Å². The zero-order valence-corrected chi connectivity index (χ0v) is 11.8. The number of rotatable bonds is 6. The summed E-state index contributed by atoms with van der Waals surface area (Å²) in [5.41, 5.74) is 1.93. The van der Waals surface area contributed by atoms with Crippen molar-refractivity contribution in [1.82, 2.24) is 9.97 Å². The summed E-state index contributed by atoms with van der Waals surface area (Å²) in [6.45, 7) is 4.81. The maximum absolute atomic E-state index is 8.88. The van der Waals surface area contributed by atoms with Crippen molar-refractivity contribution in [2.24, 2.45) is 0 Å². The Hall–Kier alpha value is -2.14. The number of hydrogen-bond acceptors (Lipinski definition) is 5. The van der Waals surface area contributed by atoms with E-state index in [4.69, 9.17) is 9.84 Å². The Morgan fingerprint density at radius 2 is 1.95 bits per heavy atom. The van der Waals surface area contributed by atoms with E-state index in [0.717, 1.165) is 17.8 Å². The minimum Gasteiger partial charge on any atom is -0.439 e. The summed E-state index contributed by atoms with van der Waals surface area (Å²) in [4.78, 5) is 8.57. The molecule has 2 N–H and O–H groups in total. The Balaban J connectivity index is 2.12. The molecule has 0 saturated heterocycles. The van der Waals surface area contributed by atoms with Gasteiger partial charge in [0.1, 0.15) is 5.75 Å². The first-order valence-electron chi connectivity index (χ1n) is 6.68. The molecule has 20 heavy (non-hydrogen) atoms. The average molecular weight is 273 g/mol. The maximum atomic E-state index is 8.88. The molecule has 0 bridgehead atoms. The van der Waals surface area contributed by atoms with Crippen molar-refractivity contribution >= 4 is 5.95 Å². The van der Waals surface area contributed by atoms with Gasteiger partial charge in [0.2, 0.25) is 11.8 Å². The molecule has 0 aliphatic heterocycles. The van der Waals surface area contributed by atoms with Gasteiger partial charge in [-0.25, -0.2) is 4.98 Å². The van der Waals surface area contributed by atoms with Crippen LogP contribution in [0.5, 0.6) is 11.6 Å². The molecule has 5 nitrogen and oxygen atoms in total. The zero-order valence-electron chi connectivity index (χ0n) is 11.8. The number of aromatic nitrogens is 2. The summed E-state index contributed by atoms with van der Waals surface area (Å²) in [5.74, 6) is 1.80. The lowest BCUT2D eigenvalue weighted by atomic mass is 10.1. The minimum atomic E-state index is 0.150. The van der Waals surface area contributed by atoms with Crippen LogP contribution in [-0.4, -0.2) is 28.2 Å². The quantitative estimate of drug-likeness (QED) is 0.846. The predicted octanol–water partition coefficient (Wildman–Crippen LogP) is 2.54. The van der Waals surface area contributed by atoms with Crippen LogP contribution in [0, 0.1) is 6.92 Å². The molecule has 2 rings (SSSR count). The maximum Gasteiger partial charge on any atom is 0.226 e. The van der Waals surface area contributed by atoms with Crippen molar-refractivity contribution < 1.29 is 9.84 Å². The van der Waals surface area contributed by atoms with Gasteiger partial charge in [-0.2, -0.15) is 4.98 Å². The molecule has 2 aromatic rings. The highest BCUT2D eigenvalue weighted by molar-refractivity contribution is 5.34. The lowest BCUT2D eigenvalue weighted by molar-refractivity contribution is 0.299. The first-order valence-corrected chi connectivity index (χ1v) is 6.68. The lowest BCUT2D eigenvalue weighted by Crippen LogP contribution is -2.04. The smallest absolute Gasteiger partial charge is 0.226 e. The fourth-order valence-corrected chi connectivity index (χ4v) is 1.80. The number of ether oxygens (including phenoxy) is 1. The van der Waals surface area contributed by atoms with E-state index in [9.17, 15) is 0 Å². The first-order chi connectivity index (χ1) is 9.71. The molecule has 0 unspecified atom stereocenters. The number of aryl methyl sites for hydroxylation is 1. The van der Waals surface area contributed by atoms with E-state index in [2.05, 4.69) is 15.3 Å². The summed E-state index contributed by atoms with van der Waals surface area (Å²) in [7, 11) is 0. The second-order valence-electron chi connectivity index (χ2n) is 4.42. The van der Waals surface area contributed by atoms with Crippen LogP contribution in [0.25, 0.3) is 0 Å². The number of aliphatic hydroxyl groups is 1. The first kappa shape index (κ1) is 14.3. The van der Waals surface area contributed by atoms with Crippen molar-refractivity contribution in [3.05, 3.63) is 41.6 Å². The van der Waals surface area contributed by atoms with Crippen molar-refractivity contribution in [3.63, 3.8) is 0 Å². The number of hydrogen-bond donors (Lipinski definition) is 2. The highest BCUT2D eigenvalue weighted by Crippen LogP contribution is 2.21. The van der Waals surface area contributed by atoms with Crippen LogP contribution in [0.2, 0.25) is 0 Å². The van der Waals surface area contributed by atoms with E-state index in [1.807, 2.05) is 38.1 Å².